The minimum atomic E-state index is 0.224. The summed E-state index contributed by atoms with van der Waals surface area (Å²) in [5.41, 5.74) is 3.97. The highest BCUT2D eigenvalue weighted by Gasteiger charge is 2.53. The Balaban J connectivity index is 0.00000115. The molecule has 7 unspecified atom stereocenters. The molecule has 4 aliphatic rings. The average Bonchev–Trinajstić information content (AvgIpc) is 3.30. The van der Waals surface area contributed by atoms with Crippen LogP contribution in [-0.4, -0.2) is 0 Å². The summed E-state index contributed by atoms with van der Waals surface area (Å²) in [5, 5.41) is 0. The fourth-order valence-electron chi connectivity index (χ4n) is 7.90. The van der Waals surface area contributed by atoms with Crippen molar-refractivity contribution >= 4 is 0 Å². The third-order valence-electron chi connectivity index (χ3n) is 10.1. The maximum absolute atomic E-state index is 2.70. The third kappa shape index (κ3) is 5.99. The van der Waals surface area contributed by atoms with E-state index in [9.17, 15) is 0 Å². The summed E-state index contributed by atoms with van der Waals surface area (Å²) in [4.78, 5) is 0. The Morgan fingerprint density at radius 3 is 1.47 bits per heavy atom. The van der Waals surface area contributed by atoms with Crippen LogP contribution < -0.4 is 0 Å². The fourth-order valence-corrected chi connectivity index (χ4v) is 7.90. The first-order valence-corrected chi connectivity index (χ1v) is 15.3. The molecule has 0 aromatic rings. The van der Waals surface area contributed by atoms with E-state index >= 15 is 0 Å². The summed E-state index contributed by atoms with van der Waals surface area (Å²) < 4.78 is 0. The summed E-state index contributed by atoms with van der Waals surface area (Å²) in [6, 6.07) is 0. The van der Waals surface area contributed by atoms with Crippen LogP contribution in [0.4, 0.5) is 0 Å². The van der Waals surface area contributed by atoms with Crippen molar-refractivity contribution in [2.24, 2.45) is 69.5 Å². The van der Waals surface area contributed by atoms with Gasteiger partial charge in [-0.2, -0.15) is 0 Å². The van der Waals surface area contributed by atoms with E-state index in [1.165, 1.54) is 30.4 Å². The largest absolute Gasteiger partial charge is 0.0802 e. The highest BCUT2D eigenvalue weighted by molar-refractivity contribution is 5.39. The number of rotatable bonds is 2. The van der Waals surface area contributed by atoms with Gasteiger partial charge >= 0.3 is 0 Å². The van der Waals surface area contributed by atoms with Crippen molar-refractivity contribution in [3.63, 3.8) is 0 Å². The van der Waals surface area contributed by atoms with E-state index in [1.54, 1.807) is 0 Å². The molecule has 4 aliphatic carbocycles. The lowest BCUT2D eigenvalue weighted by molar-refractivity contribution is 0.153. The van der Waals surface area contributed by atoms with Crippen LogP contribution >= 0.6 is 0 Å². The van der Waals surface area contributed by atoms with Crippen molar-refractivity contribution in [3.8, 4) is 0 Å². The number of fused-ring (bicyclic) bond motifs is 3. The van der Waals surface area contributed by atoms with Gasteiger partial charge in [-0.15, -0.1) is 0 Å². The van der Waals surface area contributed by atoms with Crippen LogP contribution in [0.15, 0.2) is 47.6 Å². The first kappa shape index (κ1) is 29.5. The van der Waals surface area contributed by atoms with Gasteiger partial charge in [-0.25, -0.2) is 0 Å². The fraction of sp³-hybridized carbons (Fsp3) is 0.778. The highest BCUT2D eigenvalue weighted by Crippen LogP contribution is 2.60. The van der Waals surface area contributed by atoms with Crippen molar-refractivity contribution in [1.29, 1.82) is 0 Å². The molecule has 0 aliphatic heterocycles. The zero-order valence-electron chi connectivity index (χ0n) is 26.3. The van der Waals surface area contributed by atoms with E-state index < -0.39 is 0 Å². The molecule has 204 valence electrons. The molecule has 0 N–H and O–H groups in total. The average molecular weight is 493 g/mol. The monoisotopic (exact) mass is 492 g/mol. The SMILES string of the molecule is CC1CC(C(C)(C)C)CC1[C@@H](C)C1C2C=CC(C(C)(C)C)=CC2C2C=C(C(C)(C)C)C=CC21.CCC. The maximum atomic E-state index is 2.70. The number of hydrogen-bond donors (Lipinski definition) is 0. The molecule has 0 radical (unpaired) electrons. The summed E-state index contributed by atoms with van der Waals surface area (Å²) in [6.07, 6.45) is 19.8. The molecule has 2 saturated carbocycles. The second-order valence-corrected chi connectivity index (χ2v) is 16.1. The lowest BCUT2D eigenvalue weighted by Crippen LogP contribution is -2.31. The summed E-state index contributed by atoms with van der Waals surface area (Å²) >= 11 is 0. The zero-order chi connectivity index (χ0) is 27.2. The van der Waals surface area contributed by atoms with Gasteiger partial charge in [0.2, 0.25) is 0 Å². The number of hydrogen-bond acceptors (Lipinski definition) is 0. The van der Waals surface area contributed by atoms with E-state index in [-0.39, 0.29) is 10.8 Å². The van der Waals surface area contributed by atoms with Crippen LogP contribution in [0.5, 0.6) is 0 Å². The first-order valence-electron chi connectivity index (χ1n) is 15.3. The molecular weight excluding hydrogens is 432 g/mol. The maximum Gasteiger partial charge on any atom is -0.00925 e. The molecule has 0 amide bonds. The van der Waals surface area contributed by atoms with Crippen LogP contribution in [0.1, 0.15) is 109 Å². The second kappa shape index (κ2) is 10.6. The van der Waals surface area contributed by atoms with Gasteiger partial charge in [0.15, 0.2) is 0 Å². The molecule has 0 heteroatoms. The standard InChI is InChI=1S/C33H52.C3H8/c1-20-16-24(33(9,10)11)19-27(20)21(2)30-25-14-12-22(31(3,4)5)17-28(25)29-18-23(32(6,7)8)13-15-26(29)30;1-3-2/h12-15,17-18,20-21,24-30H,16,19H2,1-11H3;3H2,1-2H3/t20?,21-,24?,25?,26?,27?,28?,29?,30?;/m1./s1. The minimum Gasteiger partial charge on any atom is -0.0802 e. The Bertz CT molecular complexity index is 818. The van der Waals surface area contributed by atoms with Gasteiger partial charge in [-0.3, -0.25) is 0 Å². The Morgan fingerprint density at radius 1 is 0.722 bits per heavy atom. The molecule has 0 aromatic carbocycles. The van der Waals surface area contributed by atoms with Crippen molar-refractivity contribution in [1.82, 2.24) is 0 Å². The molecule has 0 aromatic heterocycles. The normalized spacial score (nSPS) is 36.9. The van der Waals surface area contributed by atoms with Crippen LogP contribution in [0.25, 0.3) is 0 Å². The quantitative estimate of drug-likeness (QED) is 0.359. The van der Waals surface area contributed by atoms with Crippen molar-refractivity contribution in [2.45, 2.75) is 109 Å². The van der Waals surface area contributed by atoms with Crippen LogP contribution in [-0.2, 0) is 0 Å². The highest BCUT2D eigenvalue weighted by atomic mass is 14.6. The van der Waals surface area contributed by atoms with Gasteiger partial charge in [-0.05, 0) is 93.5 Å². The Hall–Kier alpha value is -1.04. The van der Waals surface area contributed by atoms with Gasteiger partial charge in [-0.1, -0.05) is 133 Å². The van der Waals surface area contributed by atoms with Gasteiger partial charge in [0, 0.05) is 0 Å². The summed E-state index contributed by atoms with van der Waals surface area (Å²) in [5.74, 6) is 6.79. The smallest absolute Gasteiger partial charge is 0.00925 e. The van der Waals surface area contributed by atoms with Crippen molar-refractivity contribution < 1.29 is 0 Å². The zero-order valence-corrected chi connectivity index (χ0v) is 26.3. The van der Waals surface area contributed by atoms with Crippen molar-refractivity contribution in [2.75, 3.05) is 0 Å². The Kier molecular flexibility index (Phi) is 8.70. The van der Waals surface area contributed by atoms with E-state index in [1.807, 2.05) is 0 Å². The van der Waals surface area contributed by atoms with Crippen LogP contribution in [0.2, 0.25) is 0 Å². The predicted octanol–water partition coefficient (Wildman–Crippen LogP) is 10.9. The van der Waals surface area contributed by atoms with Gasteiger partial charge in [0.05, 0.1) is 0 Å². The Morgan fingerprint density at radius 2 is 1.14 bits per heavy atom. The van der Waals surface area contributed by atoms with Crippen molar-refractivity contribution in [3.05, 3.63) is 47.6 Å². The summed E-state index contributed by atoms with van der Waals surface area (Å²) in [7, 11) is 0. The Labute approximate surface area is 226 Å². The van der Waals surface area contributed by atoms with E-state index in [0.717, 1.165) is 29.6 Å². The van der Waals surface area contributed by atoms with E-state index in [0.29, 0.717) is 29.1 Å². The third-order valence-corrected chi connectivity index (χ3v) is 10.1. The molecule has 4 rings (SSSR count). The second-order valence-electron chi connectivity index (χ2n) is 16.1. The predicted molar refractivity (Wildman–Crippen MR) is 161 cm³/mol. The lowest BCUT2D eigenvalue weighted by Gasteiger charge is -2.37. The first-order chi connectivity index (χ1) is 16.5. The molecule has 8 atom stereocenters. The number of allylic oxidation sites excluding steroid dienone is 8. The van der Waals surface area contributed by atoms with E-state index in [4.69, 9.17) is 0 Å². The molecule has 0 spiro atoms. The van der Waals surface area contributed by atoms with Crippen LogP contribution in [0.3, 0.4) is 0 Å². The van der Waals surface area contributed by atoms with Crippen LogP contribution in [0, 0.1) is 69.5 Å². The lowest BCUT2D eigenvalue weighted by atomic mass is 9.68. The molecule has 0 bridgehead atoms. The molecular formula is C36H60. The van der Waals surface area contributed by atoms with Gasteiger partial charge < -0.3 is 0 Å². The molecule has 0 heterocycles. The molecule has 0 nitrogen and oxygen atoms in total. The van der Waals surface area contributed by atoms with Gasteiger partial charge in [0.25, 0.3) is 0 Å². The molecule has 36 heavy (non-hydrogen) atoms. The van der Waals surface area contributed by atoms with Gasteiger partial charge in [0.1, 0.15) is 0 Å². The molecule has 2 fully saturated rings. The summed E-state index contributed by atoms with van der Waals surface area (Å²) in [6.45, 7) is 31.1. The van der Waals surface area contributed by atoms with E-state index in [2.05, 4.69) is 126 Å². The minimum absolute atomic E-state index is 0.224. The molecule has 0 saturated heterocycles. The topological polar surface area (TPSA) is 0 Å².